The number of piperidine rings is 1. The number of halogens is 3. The first kappa shape index (κ1) is 27.9. The molecule has 2 aliphatic rings. The van der Waals surface area contributed by atoms with E-state index in [-0.39, 0.29) is 36.7 Å². The van der Waals surface area contributed by atoms with E-state index in [4.69, 9.17) is 0 Å². The fourth-order valence-corrected chi connectivity index (χ4v) is 5.76. The zero-order valence-corrected chi connectivity index (χ0v) is 21.9. The Bertz CT molecular complexity index is 1200. The third-order valence-electron chi connectivity index (χ3n) is 7.87. The van der Waals surface area contributed by atoms with Crippen molar-refractivity contribution in [3.8, 4) is 0 Å². The van der Waals surface area contributed by atoms with Crippen molar-refractivity contribution in [2.24, 2.45) is 11.8 Å². The maximum atomic E-state index is 15.8. The summed E-state index contributed by atoms with van der Waals surface area (Å²) in [4.78, 5) is 40.6. The molecule has 0 radical (unpaired) electrons. The monoisotopic (exact) mass is 530 g/mol. The van der Waals surface area contributed by atoms with Crippen LogP contribution < -0.4 is 5.32 Å². The number of nitrogens with one attached hydrogen (secondary N) is 1. The number of nitrogens with zero attached hydrogens (tertiary/aromatic N) is 1. The summed E-state index contributed by atoms with van der Waals surface area (Å²) >= 11 is 0. The molecule has 0 spiro atoms. The summed E-state index contributed by atoms with van der Waals surface area (Å²) in [5, 5.41) is 2.85. The molecule has 2 fully saturated rings. The Kier molecular flexibility index (Phi) is 8.90. The van der Waals surface area contributed by atoms with Gasteiger partial charge in [0.25, 0.3) is 11.8 Å². The van der Waals surface area contributed by atoms with Crippen molar-refractivity contribution in [2.75, 3.05) is 13.1 Å². The lowest BCUT2D eigenvalue weighted by atomic mass is 9.80. The van der Waals surface area contributed by atoms with E-state index in [1.54, 1.807) is 26.0 Å². The highest BCUT2D eigenvalue weighted by Crippen LogP contribution is 2.32. The maximum absolute atomic E-state index is 15.8. The molecule has 2 atom stereocenters. The first-order valence-corrected chi connectivity index (χ1v) is 13.5. The normalized spacial score (nSPS) is 19.3. The predicted octanol–water partition coefficient (Wildman–Crippen LogP) is 6.27. The van der Waals surface area contributed by atoms with E-state index in [1.165, 1.54) is 11.0 Å². The van der Waals surface area contributed by atoms with Gasteiger partial charge in [-0.1, -0.05) is 45.2 Å². The lowest BCUT2D eigenvalue weighted by Crippen LogP contribution is -2.48. The SMILES string of the molecule is CC(C)C(=O)[C@H](NC(=O)c1cccc(C2CCCN(C(=O)c3ccc(F)cc3F)C2)c1F)C1CCCCC1.[HH]. The molecule has 2 aromatic rings. The fourth-order valence-electron chi connectivity index (χ4n) is 5.76. The van der Waals surface area contributed by atoms with Gasteiger partial charge >= 0.3 is 0 Å². The Hall–Kier alpha value is -3.16. The molecule has 1 aliphatic carbocycles. The van der Waals surface area contributed by atoms with Crippen LogP contribution in [0.4, 0.5) is 13.2 Å². The number of hydrogen-bond acceptors (Lipinski definition) is 3. The van der Waals surface area contributed by atoms with Gasteiger partial charge in [0.1, 0.15) is 17.5 Å². The molecule has 1 N–H and O–H groups in total. The average Bonchev–Trinajstić information content (AvgIpc) is 2.91. The van der Waals surface area contributed by atoms with Crippen molar-refractivity contribution in [3.63, 3.8) is 0 Å². The quantitative estimate of drug-likeness (QED) is 0.459. The van der Waals surface area contributed by atoms with Crippen LogP contribution in [-0.2, 0) is 4.79 Å². The highest BCUT2D eigenvalue weighted by molar-refractivity contribution is 5.99. The average molecular weight is 531 g/mol. The minimum Gasteiger partial charge on any atom is -0.342 e. The van der Waals surface area contributed by atoms with Gasteiger partial charge in [0, 0.05) is 32.4 Å². The number of carbonyl (C=O) groups is 3. The molecular weight excluding hydrogens is 493 g/mol. The van der Waals surface area contributed by atoms with Crippen molar-refractivity contribution < 1.29 is 29.0 Å². The summed E-state index contributed by atoms with van der Waals surface area (Å²) in [5.74, 6) is -4.23. The van der Waals surface area contributed by atoms with Crippen molar-refractivity contribution in [2.45, 2.75) is 70.8 Å². The highest BCUT2D eigenvalue weighted by atomic mass is 19.1. The minimum absolute atomic E-state index is 0. The van der Waals surface area contributed by atoms with Crippen LogP contribution in [0.1, 0.15) is 92.4 Å². The summed E-state index contributed by atoms with van der Waals surface area (Å²) in [6.07, 6.45) is 5.99. The molecule has 206 valence electrons. The lowest BCUT2D eigenvalue weighted by Gasteiger charge is -2.33. The molecular formula is C30H37F3N2O3. The van der Waals surface area contributed by atoms with Gasteiger partial charge in [-0.25, -0.2) is 13.2 Å². The van der Waals surface area contributed by atoms with Crippen molar-refractivity contribution in [1.82, 2.24) is 10.2 Å². The molecule has 1 heterocycles. The maximum Gasteiger partial charge on any atom is 0.256 e. The predicted molar refractivity (Wildman–Crippen MR) is 140 cm³/mol. The van der Waals surface area contributed by atoms with E-state index in [0.29, 0.717) is 31.0 Å². The Morgan fingerprint density at radius 2 is 1.68 bits per heavy atom. The Morgan fingerprint density at radius 3 is 2.37 bits per heavy atom. The lowest BCUT2D eigenvalue weighted by molar-refractivity contribution is -0.125. The van der Waals surface area contributed by atoms with Gasteiger partial charge in [0.2, 0.25) is 0 Å². The summed E-state index contributed by atoms with van der Waals surface area (Å²) < 4.78 is 43.3. The van der Waals surface area contributed by atoms with Gasteiger partial charge in [0.15, 0.2) is 5.78 Å². The third-order valence-corrected chi connectivity index (χ3v) is 7.87. The number of amides is 2. The molecule has 4 rings (SSSR count). The highest BCUT2D eigenvalue weighted by Gasteiger charge is 2.34. The van der Waals surface area contributed by atoms with Crippen LogP contribution in [-0.4, -0.2) is 41.6 Å². The minimum atomic E-state index is -0.939. The van der Waals surface area contributed by atoms with Crippen LogP contribution in [0.15, 0.2) is 36.4 Å². The molecule has 0 aromatic heterocycles. The Balaban J connectivity index is 0.00000420. The van der Waals surface area contributed by atoms with E-state index in [0.717, 1.165) is 44.2 Å². The Labute approximate surface area is 223 Å². The molecule has 38 heavy (non-hydrogen) atoms. The summed E-state index contributed by atoms with van der Waals surface area (Å²) in [7, 11) is 0. The molecule has 1 saturated carbocycles. The summed E-state index contributed by atoms with van der Waals surface area (Å²) in [6, 6.07) is 6.77. The number of Topliss-reactive ketones (excluding diaryl/α,β-unsaturated/α-hetero) is 1. The number of benzene rings is 2. The first-order valence-electron chi connectivity index (χ1n) is 13.5. The van der Waals surface area contributed by atoms with Crippen LogP contribution in [0.3, 0.4) is 0 Å². The van der Waals surface area contributed by atoms with Crippen LogP contribution in [0.5, 0.6) is 0 Å². The van der Waals surface area contributed by atoms with Crippen LogP contribution in [0.2, 0.25) is 0 Å². The largest absolute Gasteiger partial charge is 0.342 e. The van der Waals surface area contributed by atoms with Gasteiger partial charge < -0.3 is 10.2 Å². The van der Waals surface area contributed by atoms with Gasteiger partial charge in [-0.3, -0.25) is 14.4 Å². The molecule has 1 saturated heterocycles. The Morgan fingerprint density at radius 1 is 0.947 bits per heavy atom. The number of likely N-dealkylation sites (tertiary alicyclic amines) is 1. The number of hydrogen-bond donors (Lipinski definition) is 1. The number of rotatable bonds is 7. The second kappa shape index (κ2) is 12.1. The van der Waals surface area contributed by atoms with Crippen LogP contribution in [0.25, 0.3) is 0 Å². The number of carbonyl (C=O) groups excluding carboxylic acids is 3. The standard InChI is InChI=1S/C30H35F3N2O3.H2/c1-18(2)28(36)27(19-8-4-3-5-9-19)34-29(37)24-12-6-11-22(26(24)33)20-10-7-15-35(17-20)30(38)23-14-13-21(31)16-25(23)32;/h6,11-14,16,18-20,27H,3-5,7-10,15,17H2,1-2H3,(H,34,37);1H/t20?,27-;/m1./s1. The van der Waals surface area contributed by atoms with Crippen LogP contribution >= 0.6 is 0 Å². The van der Waals surface area contributed by atoms with Gasteiger partial charge in [0.05, 0.1) is 17.2 Å². The molecule has 2 aromatic carbocycles. The molecule has 8 heteroatoms. The molecule has 0 bridgehead atoms. The van der Waals surface area contributed by atoms with Gasteiger partial charge in [-0.05, 0) is 55.4 Å². The molecule has 1 unspecified atom stereocenters. The zero-order valence-electron chi connectivity index (χ0n) is 21.9. The van der Waals surface area contributed by atoms with Crippen molar-refractivity contribution >= 4 is 17.6 Å². The van der Waals surface area contributed by atoms with Gasteiger partial charge in [-0.15, -0.1) is 0 Å². The number of ketones is 1. The second-order valence-corrected chi connectivity index (χ2v) is 10.8. The second-order valence-electron chi connectivity index (χ2n) is 10.8. The van der Waals surface area contributed by atoms with E-state index in [2.05, 4.69) is 5.32 Å². The molecule has 5 nitrogen and oxygen atoms in total. The summed E-state index contributed by atoms with van der Waals surface area (Å²) in [5.41, 5.74) is -0.0590. The van der Waals surface area contributed by atoms with Crippen molar-refractivity contribution in [3.05, 3.63) is 70.5 Å². The zero-order chi connectivity index (χ0) is 27.4. The van der Waals surface area contributed by atoms with Gasteiger partial charge in [-0.2, -0.15) is 0 Å². The summed E-state index contributed by atoms with van der Waals surface area (Å²) in [6.45, 7) is 4.13. The topological polar surface area (TPSA) is 66.5 Å². The van der Waals surface area contributed by atoms with Crippen LogP contribution in [0, 0.1) is 29.3 Å². The molecule has 1 aliphatic heterocycles. The van der Waals surface area contributed by atoms with E-state index >= 15 is 4.39 Å². The van der Waals surface area contributed by atoms with Crippen molar-refractivity contribution in [1.29, 1.82) is 0 Å². The first-order chi connectivity index (χ1) is 18.2. The van der Waals surface area contributed by atoms with E-state index < -0.39 is 41.2 Å². The van der Waals surface area contributed by atoms with E-state index in [1.807, 2.05) is 0 Å². The third kappa shape index (κ3) is 6.11. The van der Waals surface area contributed by atoms with E-state index in [9.17, 15) is 23.2 Å². The fraction of sp³-hybridized carbons (Fsp3) is 0.500. The smallest absolute Gasteiger partial charge is 0.256 e. The molecule has 2 amide bonds.